The van der Waals surface area contributed by atoms with E-state index in [9.17, 15) is 26.4 Å². The number of amides is 1. The Hall–Kier alpha value is -2.83. The van der Waals surface area contributed by atoms with E-state index in [0.717, 1.165) is 12.1 Å². The number of carbonyl (C=O) groups excluding carboxylic acids is 1. The van der Waals surface area contributed by atoms with E-state index in [4.69, 9.17) is 16.0 Å². The van der Waals surface area contributed by atoms with Crippen LogP contribution < -0.4 is 9.73 Å². The van der Waals surface area contributed by atoms with Crippen LogP contribution in [-0.4, -0.2) is 27.1 Å². The molecule has 0 aliphatic heterocycles. The van der Waals surface area contributed by atoms with E-state index in [-0.39, 0.29) is 4.90 Å². The highest BCUT2D eigenvalue weighted by Gasteiger charge is 2.35. The van der Waals surface area contributed by atoms with Gasteiger partial charge >= 0.3 is 6.18 Å². The molecule has 7 nitrogen and oxygen atoms in total. The Morgan fingerprint density at radius 3 is 2.47 bits per heavy atom. The van der Waals surface area contributed by atoms with Crippen LogP contribution in [0.1, 0.15) is 17.1 Å². The summed E-state index contributed by atoms with van der Waals surface area (Å²) in [5, 5.41) is 3.10. The van der Waals surface area contributed by atoms with Crippen molar-refractivity contribution in [3.63, 3.8) is 0 Å². The number of furan rings is 1. The molecule has 3 rings (SSSR count). The van der Waals surface area contributed by atoms with E-state index in [1.165, 1.54) is 30.5 Å². The van der Waals surface area contributed by atoms with Gasteiger partial charge < -0.3 is 4.42 Å². The maximum Gasteiger partial charge on any atom is 0.417 e. The molecule has 0 saturated carbocycles. The fourth-order valence-electron chi connectivity index (χ4n) is 2.80. The monoisotopic (exact) mass is 577 g/mol. The highest BCUT2D eigenvalue weighted by Crippen LogP contribution is 2.38. The number of nitrogens with one attached hydrogen (secondary N) is 1. The number of halogens is 5. The van der Waals surface area contributed by atoms with Crippen molar-refractivity contribution in [2.75, 3.05) is 10.8 Å². The maximum absolute atomic E-state index is 13.4. The molecule has 0 aliphatic rings. The lowest BCUT2D eigenvalue weighted by atomic mass is 10.2. The lowest BCUT2D eigenvalue weighted by Crippen LogP contribution is -2.39. The average Bonchev–Trinajstić information content (AvgIpc) is 3.09. The van der Waals surface area contributed by atoms with Crippen molar-refractivity contribution in [2.45, 2.75) is 18.0 Å². The summed E-state index contributed by atoms with van der Waals surface area (Å²) in [6.45, 7) is 0.849. The van der Waals surface area contributed by atoms with Gasteiger partial charge in [0, 0.05) is 6.07 Å². The Balaban J connectivity index is 1.93. The topological polar surface area (TPSA) is 92.0 Å². The molecule has 0 fully saturated rings. The molecular formula is C21H16BrClF3N3O4S. The molecule has 0 unspecified atom stereocenters. The molecule has 1 aromatic heterocycles. The van der Waals surface area contributed by atoms with Gasteiger partial charge in [-0.05, 0) is 53.2 Å². The summed E-state index contributed by atoms with van der Waals surface area (Å²) in [6, 6.07) is 11.2. The summed E-state index contributed by atoms with van der Waals surface area (Å²) >= 11 is 8.92. The minimum atomic E-state index is -4.84. The van der Waals surface area contributed by atoms with Gasteiger partial charge in [-0.25, -0.2) is 13.8 Å². The quantitative estimate of drug-likeness (QED) is 0.302. The lowest BCUT2D eigenvalue weighted by Gasteiger charge is -2.24. The number of benzene rings is 2. The zero-order valence-electron chi connectivity index (χ0n) is 17.3. The Morgan fingerprint density at radius 2 is 1.88 bits per heavy atom. The van der Waals surface area contributed by atoms with Gasteiger partial charge in [-0.15, -0.1) is 0 Å². The van der Waals surface area contributed by atoms with Crippen LogP contribution in [0, 0.1) is 6.92 Å². The number of nitrogens with zero attached hydrogens (tertiary/aromatic N) is 2. The van der Waals surface area contributed by atoms with E-state index in [0.29, 0.717) is 26.4 Å². The van der Waals surface area contributed by atoms with Crippen LogP contribution in [0.5, 0.6) is 0 Å². The second kappa shape index (κ2) is 10.2. The molecule has 1 heterocycles. The average molecular weight is 579 g/mol. The predicted molar refractivity (Wildman–Crippen MR) is 124 cm³/mol. The van der Waals surface area contributed by atoms with Crippen molar-refractivity contribution < 1.29 is 30.8 Å². The van der Waals surface area contributed by atoms with Crippen molar-refractivity contribution in [1.29, 1.82) is 0 Å². The SMILES string of the molecule is Cc1oc(/C=N/NC(=O)CN(c2ccc(Cl)c(C(F)(F)F)c2)S(=O)(=O)c2ccccc2)cc1Br. The number of hydrogen-bond acceptors (Lipinski definition) is 5. The van der Waals surface area contributed by atoms with Gasteiger partial charge in [0.1, 0.15) is 18.1 Å². The lowest BCUT2D eigenvalue weighted by molar-refractivity contribution is -0.137. The number of carbonyl (C=O) groups is 1. The Kier molecular flexibility index (Phi) is 7.74. The van der Waals surface area contributed by atoms with Crippen LogP contribution in [0.25, 0.3) is 0 Å². The minimum absolute atomic E-state index is 0.217. The largest absolute Gasteiger partial charge is 0.459 e. The van der Waals surface area contributed by atoms with Gasteiger partial charge in [0.25, 0.3) is 15.9 Å². The third-order valence-corrected chi connectivity index (χ3v) is 7.32. The molecule has 0 spiro atoms. The molecule has 0 saturated heterocycles. The summed E-state index contributed by atoms with van der Waals surface area (Å²) in [7, 11) is -4.42. The van der Waals surface area contributed by atoms with E-state index in [1.807, 2.05) is 0 Å². The number of anilines is 1. The number of sulfonamides is 1. The molecule has 0 radical (unpaired) electrons. The van der Waals surface area contributed by atoms with Gasteiger partial charge in [-0.2, -0.15) is 18.3 Å². The van der Waals surface area contributed by atoms with E-state index < -0.39 is 44.9 Å². The van der Waals surface area contributed by atoms with Gasteiger partial charge in [-0.3, -0.25) is 9.10 Å². The van der Waals surface area contributed by atoms with Crippen LogP contribution >= 0.6 is 27.5 Å². The Labute approximate surface area is 206 Å². The maximum atomic E-state index is 13.4. The summed E-state index contributed by atoms with van der Waals surface area (Å²) in [5.74, 6) is -0.0105. The predicted octanol–water partition coefficient (Wildman–Crippen LogP) is 5.37. The molecule has 34 heavy (non-hydrogen) atoms. The van der Waals surface area contributed by atoms with Crippen LogP contribution in [0.15, 0.2) is 73.5 Å². The van der Waals surface area contributed by atoms with Gasteiger partial charge in [0.15, 0.2) is 0 Å². The first kappa shape index (κ1) is 25.8. The molecule has 1 amide bonds. The van der Waals surface area contributed by atoms with Crippen molar-refractivity contribution in [3.05, 3.63) is 81.2 Å². The van der Waals surface area contributed by atoms with Gasteiger partial charge in [0.2, 0.25) is 0 Å². The molecule has 0 atom stereocenters. The molecule has 2 aromatic carbocycles. The highest BCUT2D eigenvalue weighted by atomic mass is 79.9. The normalized spacial score (nSPS) is 12.2. The van der Waals surface area contributed by atoms with Crippen molar-refractivity contribution in [2.24, 2.45) is 5.10 Å². The number of rotatable bonds is 7. The van der Waals surface area contributed by atoms with E-state index in [1.54, 1.807) is 19.1 Å². The first-order chi connectivity index (χ1) is 15.9. The molecule has 180 valence electrons. The van der Waals surface area contributed by atoms with E-state index in [2.05, 4.69) is 26.5 Å². The van der Waals surface area contributed by atoms with Gasteiger partial charge in [0.05, 0.1) is 31.9 Å². The number of aryl methyl sites for hydroxylation is 1. The third-order valence-electron chi connectivity index (χ3n) is 4.42. The summed E-state index contributed by atoms with van der Waals surface area (Å²) in [4.78, 5) is 12.3. The van der Waals surface area contributed by atoms with Crippen LogP contribution in [0.2, 0.25) is 5.02 Å². The summed E-state index contributed by atoms with van der Waals surface area (Å²) in [5.41, 5.74) is 0.504. The summed E-state index contributed by atoms with van der Waals surface area (Å²) < 4.78 is 73.1. The molecule has 0 aliphatic carbocycles. The first-order valence-electron chi connectivity index (χ1n) is 9.42. The van der Waals surface area contributed by atoms with Crippen molar-refractivity contribution >= 4 is 55.4 Å². The molecule has 3 aromatic rings. The van der Waals surface area contributed by atoms with Crippen molar-refractivity contribution in [3.8, 4) is 0 Å². The van der Waals surface area contributed by atoms with Crippen molar-refractivity contribution in [1.82, 2.24) is 5.43 Å². The number of hydrazone groups is 1. The van der Waals surface area contributed by atoms with Crippen LogP contribution in [0.3, 0.4) is 0 Å². The molecule has 13 heteroatoms. The fraction of sp³-hybridized carbons (Fsp3) is 0.143. The van der Waals surface area contributed by atoms with Gasteiger partial charge in [-0.1, -0.05) is 29.8 Å². The zero-order chi connectivity index (χ0) is 25.1. The third kappa shape index (κ3) is 5.99. The highest BCUT2D eigenvalue weighted by molar-refractivity contribution is 9.10. The molecular weight excluding hydrogens is 563 g/mol. The van der Waals surface area contributed by atoms with Crippen LogP contribution in [-0.2, 0) is 21.0 Å². The standard InChI is InChI=1S/C21H16BrClF3N3O4S/c1-13-18(22)10-15(33-13)11-27-28-20(30)12-29(34(31,32)16-5-3-2-4-6-16)14-7-8-19(23)17(9-14)21(24,25)26/h2-11H,12H2,1H3,(H,28,30)/b27-11+. The molecule has 0 bridgehead atoms. The van der Waals surface area contributed by atoms with E-state index >= 15 is 0 Å². The first-order valence-corrected chi connectivity index (χ1v) is 12.0. The number of hydrogen-bond donors (Lipinski definition) is 1. The second-order valence-corrected chi connectivity index (χ2v) is 9.96. The minimum Gasteiger partial charge on any atom is -0.459 e. The summed E-state index contributed by atoms with van der Waals surface area (Å²) in [6.07, 6.45) is -3.65. The smallest absolute Gasteiger partial charge is 0.417 e. The Bertz CT molecular complexity index is 1310. The Morgan fingerprint density at radius 1 is 1.21 bits per heavy atom. The molecule has 1 N–H and O–H groups in total. The second-order valence-electron chi connectivity index (χ2n) is 6.83. The van der Waals surface area contributed by atoms with Crippen LogP contribution in [0.4, 0.5) is 18.9 Å². The zero-order valence-corrected chi connectivity index (χ0v) is 20.5. The number of alkyl halides is 3. The fourth-order valence-corrected chi connectivity index (χ4v) is 4.76.